The summed E-state index contributed by atoms with van der Waals surface area (Å²) in [5.74, 6) is 0.868. The summed E-state index contributed by atoms with van der Waals surface area (Å²) >= 11 is 0. The minimum absolute atomic E-state index is 0.0615. The minimum atomic E-state index is -2.58. The van der Waals surface area contributed by atoms with Gasteiger partial charge in [0, 0.05) is 6.61 Å². The van der Waals surface area contributed by atoms with E-state index in [9.17, 15) is 4.79 Å². The predicted octanol–water partition coefficient (Wildman–Crippen LogP) is 8.82. The van der Waals surface area contributed by atoms with Gasteiger partial charge in [-0.25, -0.2) is 4.79 Å². The van der Waals surface area contributed by atoms with Gasteiger partial charge in [0.15, 0.2) is 0 Å². The number of benzene rings is 3. The van der Waals surface area contributed by atoms with E-state index < -0.39 is 8.32 Å². The van der Waals surface area contributed by atoms with Crippen molar-refractivity contribution in [1.29, 1.82) is 0 Å². The zero-order chi connectivity index (χ0) is 30.4. The topological polar surface area (TPSA) is 35.5 Å². The molecule has 3 aromatic rings. The van der Waals surface area contributed by atoms with Gasteiger partial charge in [-0.05, 0) is 62.2 Å². The summed E-state index contributed by atoms with van der Waals surface area (Å²) in [4.78, 5) is 13.6. The van der Waals surface area contributed by atoms with Gasteiger partial charge in [0.2, 0.25) is 0 Å². The average Bonchev–Trinajstić information content (AvgIpc) is 2.93. The molecule has 0 aliphatic carbocycles. The van der Waals surface area contributed by atoms with Crippen LogP contribution in [0, 0.1) is 5.92 Å². The van der Waals surface area contributed by atoms with E-state index in [1.807, 2.05) is 0 Å². The second-order valence-electron chi connectivity index (χ2n) is 13.5. The summed E-state index contributed by atoms with van der Waals surface area (Å²) in [6.07, 6.45) is 0.818. The molecule has 41 heavy (non-hydrogen) atoms. The minimum Gasteiger partial charge on any atom is -0.462 e. The smallest absolute Gasteiger partial charge is 0.338 e. The van der Waals surface area contributed by atoms with Crippen molar-refractivity contribution in [2.24, 2.45) is 5.92 Å². The number of ether oxygens (including phenoxy) is 1. The van der Waals surface area contributed by atoms with Crippen LogP contribution in [0.3, 0.4) is 0 Å². The standard InChI is InChI=1S/C37H52O3Si/c1-26(2)30-23-33(27(3)4)35(34(24-30)28(5)6)36(38)39-25-29(7)21-22-40-41(37(8,9)10,31-17-13-11-14-18-31)32-19-15-12-16-20-32/h11-20,23-24,26-29H,21-22,25H2,1-10H3/t29-/m1/s1. The molecule has 0 spiro atoms. The van der Waals surface area contributed by atoms with Gasteiger partial charge in [-0.1, -0.05) is 142 Å². The van der Waals surface area contributed by atoms with Crippen LogP contribution < -0.4 is 10.4 Å². The first-order chi connectivity index (χ1) is 19.3. The highest BCUT2D eigenvalue weighted by molar-refractivity contribution is 6.99. The van der Waals surface area contributed by atoms with Crippen LogP contribution in [0.4, 0.5) is 0 Å². The Morgan fingerprint density at radius 2 is 1.20 bits per heavy atom. The Bertz CT molecular complexity index is 1190. The zero-order valence-electron chi connectivity index (χ0n) is 27.1. The molecule has 0 aliphatic rings. The van der Waals surface area contributed by atoms with Gasteiger partial charge in [0.05, 0.1) is 12.2 Å². The maximum Gasteiger partial charge on any atom is 0.338 e. The summed E-state index contributed by atoms with van der Waals surface area (Å²) < 4.78 is 13.1. The monoisotopic (exact) mass is 572 g/mol. The first-order valence-electron chi connectivity index (χ1n) is 15.4. The molecule has 0 aromatic heterocycles. The normalized spacial score (nSPS) is 13.2. The van der Waals surface area contributed by atoms with Crippen molar-refractivity contribution in [3.8, 4) is 0 Å². The fraction of sp³-hybridized carbons (Fsp3) is 0.486. The fourth-order valence-corrected chi connectivity index (χ4v) is 10.3. The van der Waals surface area contributed by atoms with Crippen LogP contribution >= 0.6 is 0 Å². The number of carbonyl (C=O) groups excluding carboxylic acids is 1. The van der Waals surface area contributed by atoms with Gasteiger partial charge in [-0.2, -0.15) is 0 Å². The first-order valence-corrected chi connectivity index (χ1v) is 17.3. The molecule has 0 unspecified atom stereocenters. The van der Waals surface area contributed by atoms with Crippen LogP contribution in [-0.4, -0.2) is 27.5 Å². The van der Waals surface area contributed by atoms with Crippen molar-refractivity contribution >= 4 is 24.7 Å². The van der Waals surface area contributed by atoms with E-state index in [-0.39, 0.29) is 28.8 Å². The molecule has 3 rings (SSSR count). The molecule has 3 aromatic carbocycles. The molecule has 0 saturated carbocycles. The molecular formula is C37H52O3Si. The Labute approximate surface area is 250 Å². The molecule has 0 amide bonds. The fourth-order valence-electron chi connectivity index (χ4n) is 5.74. The van der Waals surface area contributed by atoms with Crippen LogP contribution in [0.5, 0.6) is 0 Å². The van der Waals surface area contributed by atoms with E-state index in [1.54, 1.807) is 0 Å². The Hall–Kier alpha value is -2.69. The number of carbonyl (C=O) groups is 1. The third kappa shape index (κ3) is 7.58. The molecule has 0 aliphatic heterocycles. The third-order valence-electron chi connectivity index (χ3n) is 8.18. The largest absolute Gasteiger partial charge is 0.462 e. The van der Waals surface area contributed by atoms with E-state index >= 15 is 0 Å². The average molecular weight is 573 g/mol. The molecule has 3 nitrogen and oxygen atoms in total. The van der Waals surface area contributed by atoms with Gasteiger partial charge >= 0.3 is 5.97 Å². The molecule has 1 atom stereocenters. The SMILES string of the molecule is CC(C)c1cc(C(C)C)c(C(=O)OC[C@H](C)CCO[Si](c2ccccc2)(c2ccccc2)C(C)(C)C)c(C(C)C)c1. The van der Waals surface area contributed by atoms with Crippen molar-refractivity contribution in [1.82, 2.24) is 0 Å². The van der Waals surface area contributed by atoms with Crippen LogP contribution in [0.25, 0.3) is 0 Å². The van der Waals surface area contributed by atoms with Crippen LogP contribution in [-0.2, 0) is 9.16 Å². The lowest BCUT2D eigenvalue weighted by Crippen LogP contribution is -2.66. The van der Waals surface area contributed by atoms with Crippen molar-refractivity contribution in [2.45, 2.75) is 98.5 Å². The summed E-state index contributed by atoms with van der Waals surface area (Å²) in [6, 6.07) is 25.9. The van der Waals surface area contributed by atoms with E-state index in [0.717, 1.165) is 23.1 Å². The Kier molecular flexibility index (Phi) is 11.2. The van der Waals surface area contributed by atoms with E-state index in [0.29, 0.717) is 19.1 Å². The predicted molar refractivity (Wildman–Crippen MR) is 176 cm³/mol. The van der Waals surface area contributed by atoms with Crippen LogP contribution in [0.1, 0.15) is 120 Å². The maximum absolute atomic E-state index is 13.6. The quantitative estimate of drug-likeness (QED) is 0.161. The molecule has 0 N–H and O–H groups in total. The molecule has 4 heteroatoms. The molecule has 0 radical (unpaired) electrons. The van der Waals surface area contributed by atoms with Gasteiger partial charge in [0.25, 0.3) is 8.32 Å². The van der Waals surface area contributed by atoms with Gasteiger partial charge < -0.3 is 9.16 Å². The summed E-state index contributed by atoms with van der Waals surface area (Å²) in [6.45, 7) is 23.1. The summed E-state index contributed by atoms with van der Waals surface area (Å²) in [5.41, 5.74) is 4.22. The molecule has 0 fully saturated rings. The molecule has 222 valence electrons. The Morgan fingerprint density at radius 3 is 1.59 bits per heavy atom. The van der Waals surface area contributed by atoms with Gasteiger partial charge in [-0.3, -0.25) is 0 Å². The van der Waals surface area contributed by atoms with Gasteiger partial charge in [-0.15, -0.1) is 0 Å². The molecule has 0 heterocycles. The lowest BCUT2D eigenvalue weighted by molar-refractivity contribution is 0.0430. The van der Waals surface area contributed by atoms with E-state index in [1.165, 1.54) is 15.9 Å². The second-order valence-corrected chi connectivity index (χ2v) is 17.8. The number of rotatable bonds is 12. The first kappa shape index (κ1) is 32.8. The lowest BCUT2D eigenvalue weighted by Gasteiger charge is -2.43. The second kappa shape index (κ2) is 14.0. The Morgan fingerprint density at radius 1 is 0.732 bits per heavy atom. The highest BCUT2D eigenvalue weighted by atomic mass is 28.4. The summed E-state index contributed by atoms with van der Waals surface area (Å²) in [5, 5.41) is 2.50. The van der Waals surface area contributed by atoms with Crippen molar-refractivity contribution in [3.05, 3.63) is 95.1 Å². The van der Waals surface area contributed by atoms with Crippen LogP contribution in [0.2, 0.25) is 5.04 Å². The lowest BCUT2D eigenvalue weighted by atomic mass is 9.84. The zero-order valence-corrected chi connectivity index (χ0v) is 28.1. The summed E-state index contributed by atoms with van der Waals surface area (Å²) in [7, 11) is -2.58. The van der Waals surface area contributed by atoms with Crippen molar-refractivity contribution in [2.75, 3.05) is 13.2 Å². The van der Waals surface area contributed by atoms with Crippen molar-refractivity contribution in [3.63, 3.8) is 0 Å². The van der Waals surface area contributed by atoms with Crippen LogP contribution in [0.15, 0.2) is 72.8 Å². The van der Waals surface area contributed by atoms with E-state index in [4.69, 9.17) is 9.16 Å². The third-order valence-corrected chi connectivity index (χ3v) is 13.2. The molecule has 0 bridgehead atoms. The molecular weight excluding hydrogens is 520 g/mol. The van der Waals surface area contributed by atoms with Crippen molar-refractivity contribution < 1.29 is 14.0 Å². The number of hydrogen-bond donors (Lipinski definition) is 0. The maximum atomic E-state index is 13.6. The Balaban J connectivity index is 1.78. The highest BCUT2D eigenvalue weighted by Crippen LogP contribution is 2.37. The number of hydrogen-bond acceptors (Lipinski definition) is 3. The highest BCUT2D eigenvalue weighted by Gasteiger charge is 2.50. The molecule has 0 saturated heterocycles. The van der Waals surface area contributed by atoms with Gasteiger partial charge in [0.1, 0.15) is 0 Å². The number of esters is 1. The van der Waals surface area contributed by atoms with E-state index in [2.05, 4.69) is 142 Å².